The fourth-order valence-corrected chi connectivity index (χ4v) is 2.94. The number of methoxy groups -OCH3 is 1. The lowest BCUT2D eigenvalue weighted by Crippen LogP contribution is -2.15. The molecule has 0 bridgehead atoms. The van der Waals surface area contributed by atoms with Crippen molar-refractivity contribution in [3.63, 3.8) is 0 Å². The van der Waals surface area contributed by atoms with Crippen LogP contribution in [0.4, 0.5) is 5.69 Å². The third kappa shape index (κ3) is 3.94. The van der Waals surface area contributed by atoms with Crippen LogP contribution in [0.5, 0.6) is 5.75 Å². The van der Waals surface area contributed by atoms with Gasteiger partial charge in [-0.2, -0.15) is 5.10 Å². The number of nitrogens with one attached hydrogen (secondary N) is 2. The Morgan fingerprint density at radius 2 is 1.85 bits per heavy atom. The van der Waals surface area contributed by atoms with Crippen LogP contribution in [0.3, 0.4) is 0 Å². The minimum atomic E-state index is -0.0638. The van der Waals surface area contributed by atoms with Crippen LogP contribution >= 0.6 is 0 Å². The number of nitrogens with zero attached hydrogens (tertiary/aromatic N) is 1. The Kier molecular flexibility index (Phi) is 5.69. The fraction of sp³-hybridized carbons (Fsp3) is 0.238. The number of carbonyl (C=O) groups is 1. The highest BCUT2D eigenvalue weighted by atomic mass is 16.5. The van der Waals surface area contributed by atoms with Crippen LogP contribution in [0.1, 0.15) is 24.6 Å². The zero-order valence-corrected chi connectivity index (χ0v) is 15.1. The second kappa shape index (κ2) is 8.34. The number of aromatic amines is 1. The van der Waals surface area contributed by atoms with E-state index in [9.17, 15) is 4.79 Å². The summed E-state index contributed by atoms with van der Waals surface area (Å²) < 4.78 is 5.46. The van der Waals surface area contributed by atoms with Crippen molar-refractivity contribution in [2.75, 3.05) is 12.4 Å². The number of anilines is 1. The number of amides is 1. The molecule has 2 N–H and O–H groups in total. The van der Waals surface area contributed by atoms with Crippen molar-refractivity contribution in [3.8, 4) is 17.0 Å². The molecule has 0 radical (unpaired) electrons. The number of aryl methyl sites for hydroxylation is 1. The molecule has 2 aromatic carbocycles. The van der Waals surface area contributed by atoms with Gasteiger partial charge in [-0.05, 0) is 24.1 Å². The molecule has 0 aliphatic heterocycles. The predicted octanol–water partition coefficient (Wildman–Crippen LogP) is 4.22. The number of H-pyrrole nitrogens is 1. The predicted molar refractivity (Wildman–Crippen MR) is 103 cm³/mol. The van der Waals surface area contributed by atoms with E-state index in [1.807, 2.05) is 54.6 Å². The van der Waals surface area contributed by atoms with Crippen LogP contribution < -0.4 is 10.1 Å². The molecule has 3 rings (SSSR count). The van der Waals surface area contributed by atoms with Crippen molar-refractivity contribution in [2.24, 2.45) is 0 Å². The smallest absolute Gasteiger partial charge is 0.228 e. The number of para-hydroxylation sites is 1. The van der Waals surface area contributed by atoms with Crippen LogP contribution in [-0.2, 0) is 17.6 Å². The number of aromatic nitrogens is 2. The Morgan fingerprint density at radius 1 is 1.12 bits per heavy atom. The first kappa shape index (κ1) is 17.7. The molecule has 1 aromatic heterocycles. The number of hydrogen-bond donors (Lipinski definition) is 2. The molecule has 0 aliphatic rings. The van der Waals surface area contributed by atoms with Crippen LogP contribution in [0.2, 0.25) is 0 Å². The molecule has 0 unspecified atom stereocenters. The number of rotatable bonds is 7. The first-order valence-electron chi connectivity index (χ1n) is 8.77. The maximum atomic E-state index is 12.6. The van der Waals surface area contributed by atoms with Gasteiger partial charge in [0.25, 0.3) is 0 Å². The summed E-state index contributed by atoms with van der Waals surface area (Å²) in [5.74, 6) is 0.659. The van der Waals surface area contributed by atoms with Crippen LogP contribution in [0.25, 0.3) is 11.3 Å². The Balaban J connectivity index is 1.91. The highest BCUT2D eigenvalue weighted by Gasteiger charge is 2.19. The van der Waals surface area contributed by atoms with Gasteiger partial charge in [-0.25, -0.2) is 0 Å². The number of benzene rings is 2. The molecular formula is C21H23N3O2. The van der Waals surface area contributed by atoms with Gasteiger partial charge in [-0.3, -0.25) is 9.89 Å². The SMILES string of the molecule is CCCc1[nH]nc(-c2ccccc2OC)c1NC(=O)Cc1ccccc1. The van der Waals surface area contributed by atoms with Crippen LogP contribution in [0, 0.1) is 0 Å². The van der Waals surface area contributed by atoms with E-state index < -0.39 is 0 Å². The average molecular weight is 349 g/mol. The molecule has 26 heavy (non-hydrogen) atoms. The quantitative estimate of drug-likeness (QED) is 0.671. The van der Waals surface area contributed by atoms with E-state index in [1.165, 1.54) is 0 Å². The van der Waals surface area contributed by atoms with Gasteiger partial charge in [0.1, 0.15) is 11.4 Å². The molecule has 1 amide bonds. The number of hydrogen-bond acceptors (Lipinski definition) is 3. The number of carbonyl (C=O) groups excluding carboxylic acids is 1. The normalized spacial score (nSPS) is 10.5. The summed E-state index contributed by atoms with van der Waals surface area (Å²) in [7, 11) is 1.63. The fourth-order valence-electron chi connectivity index (χ4n) is 2.94. The zero-order chi connectivity index (χ0) is 18.4. The Bertz CT molecular complexity index is 872. The Hall–Kier alpha value is -3.08. The zero-order valence-electron chi connectivity index (χ0n) is 15.1. The van der Waals surface area contributed by atoms with Crippen LogP contribution in [0.15, 0.2) is 54.6 Å². The molecule has 134 valence electrons. The standard InChI is InChI=1S/C21H23N3O2/c1-3-9-17-21(22-19(25)14-15-10-5-4-6-11-15)20(24-23-17)16-12-7-8-13-18(16)26-2/h4-8,10-13H,3,9,14H2,1-2H3,(H,22,25)(H,23,24). The maximum absolute atomic E-state index is 12.6. The molecular weight excluding hydrogens is 326 g/mol. The van der Waals surface area contributed by atoms with Gasteiger partial charge in [0.2, 0.25) is 5.91 Å². The average Bonchev–Trinajstić information content (AvgIpc) is 3.05. The lowest BCUT2D eigenvalue weighted by molar-refractivity contribution is -0.115. The summed E-state index contributed by atoms with van der Waals surface area (Å²) in [5.41, 5.74) is 4.19. The first-order valence-corrected chi connectivity index (χ1v) is 8.77. The lowest BCUT2D eigenvalue weighted by Gasteiger charge is -2.11. The van der Waals surface area contributed by atoms with E-state index in [2.05, 4.69) is 22.4 Å². The highest BCUT2D eigenvalue weighted by Crippen LogP contribution is 2.35. The van der Waals surface area contributed by atoms with Crippen molar-refractivity contribution in [1.82, 2.24) is 10.2 Å². The Labute approximate surface area is 153 Å². The van der Waals surface area contributed by atoms with Crippen molar-refractivity contribution in [2.45, 2.75) is 26.2 Å². The van der Waals surface area contributed by atoms with E-state index in [0.29, 0.717) is 12.1 Å². The maximum Gasteiger partial charge on any atom is 0.228 e. The minimum Gasteiger partial charge on any atom is -0.496 e. The molecule has 0 fully saturated rings. The molecule has 0 spiro atoms. The topological polar surface area (TPSA) is 67.0 Å². The third-order valence-corrected chi connectivity index (χ3v) is 4.18. The van der Waals surface area contributed by atoms with Gasteiger partial charge >= 0.3 is 0 Å². The summed E-state index contributed by atoms with van der Waals surface area (Å²) in [5, 5.41) is 10.6. The molecule has 1 heterocycles. The summed E-state index contributed by atoms with van der Waals surface area (Å²) in [6.45, 7) is 2.10. The van der Waals surface area contributed by atoms with Gasteiger partial charge in [-0.15, -0.1) is 0 Å². The van der Waals surface area contributed by atoms with E-state index in [1.54, 1.807) is 7.11 Å². The lowest BCUT2D eigenvalue weighted by atomic mass is 10.1. The molecule has 5 nitrogen and oxygen atoms in total. The molecule has 5 heteroatoms. The van der Waals surface area contributed by atoms with Gasteiger partial charge in [0, 0.05) is 5.56 Å². The molecule has 0 saturated carbocycles. The second-order valence-corrected chi connectivity index (χ2v) is 6.09. The second-order valence-electron chi connectivity index (χ2n) is 6.09. The number of ether oxygens (including phenoxy) is 1. The van der Waals surface area contributed by atoms with Gasteiger partial charge < -0.3 is 10.1 Å². The highest BCUT2D eigenvalue weighted by molar-refractivity contribution is 5.97. The van der Waals surface area contributed by atoms with Gasteiger partial charge in [-0.1, -0.05) is 55.8 Å². The molecule has 0 atom stereocenters. The van der Waals surface area contributed by atoms with E-state index in [-0.39, 0.29) is 5.91 Å². The third-order valence-electron chi connectivity index (χ3n) is 4.18. The molecule has 3 aromatic rings. The van der Waals surface area contributed by atoms with Crippen molar-refractivity contribution in [1.29, 1.82) is 0 Å². The van der Waals surface area contributed by atoms with Gasteiger partial charge in [0.05, 0.1) is 24.9 Å². The van der Waals surface area contributed by atoms with Crippen LogP contribution in [-0.4, -0.2) is 23.2 Å². The van der Waals surface area contributed by atoms with Crippen molar-refractivity contribution >= 4 is 11.6 Å². The largest absolute Gasteiger partial charge is 0.496 e. The minimum absolute atomic E-state index is 0.0638. The van der Waals surface area contributed by atoms with E-state index in [0.717, 1.165) is 41.1 Å². The van der Waals surface area contributed by atoms with Crippen molar-refractivity contribution in [3.05, 3.63) is 65.9 Å². The molecule has 0 saturated heterocycles. The van der Waals surface area contributed by atoms with Crippen molar-refractivity contribution < 1.29 is 9.53 Å². The Morgan fingerprint density at radius 3 is 2.58 bits per heavy atom. The monoisotopic (exact) mass is 349 g/mol. The van der Waals surface area contributed by atoms with E-state index >= 15 is 0 Å². The summed E-state index contributed by atoms with van der Waals surface area (Å²) in [6.07, 6.45) is 2.08. The van der Waals surface area contributed by atoms with Gasteiger partial charge in [0.15, 0.2) is 0 Å². The first-order chi connectivity index (χ1) is 12.7. The van der Waals surface area contributed by atoms with E-state index in [4.69, 9.17) is 4.74 Å². The summed E-state index contributed by atoms with van der Waals surface area (Å²) in [6, 6.07) is 17.4. The summed E-state index contributed by atoms with van der Waals surface area (Å²) in [4.78, 5) is 12.6. The summed E-state index contributed by atoms with van der Waals surface area (Å²) >= 11 is 0. The molecule has 0 aliphatic carbocycles.